The Kier molecular flexibility index (Phi) is 5.13. The molecule has 0 amide bonds. The van der Waals surface area contributed by atoms with Gasteiger partial charge < -0.3 is 19.4 Å². The first-order valence-corrected chi connectivity index (χ1v) is 6.85. The van der Waals surface area contributed by atoms with Crippen LogP contribution in [-0.2, 0) is 9.31 Å². The minimum Gasteiger partial charge on any atom is -0.520 e. The van der Waals surface area contributed by atoms with Crippen molar-refractivity contribution in [2.75, 3.05) is 19.7 Å². The van der Waals surface area contributed by atoms with Crippen LogP contribution in [0.3, 0.4) is 0 Å². The molecule has 1 saturated heterocycles. The van der Waals surface area contributed by atoms with E-state index in [1.165, 1.54) is 0 Å². The van der Waals surface area contributed by atoms with Crippen molar-refractivity contribution in [2.45, 2.75) is 13.3 Å². The molecule has 4 nitrogen and oxygen atoms in total. The lowest BCUT2D eigenvalue weighted by atomic mass is 9.79. The van der Waals surface area contributed by atoms with E-state index in [0.717, 1.165) is 30.7 Å². The first-order valence-electron chi connectivity index (χ1n) is 6.85. The summed E-state index contributed by atoms with van der Waals surface area (Å²) in [6.45, 7) is 12.2. The van der Waals surface area contributed by atoms with Crippen molar-refractivity contribution in [3.8, 4) is 5.75 Å². The van der Waals surface area contributed by atoms with Crippen LogP contribution in [-0.4, -0.2) is 26.8 Å². The first kappa shape index (κ1) is 14.5. The van der Waals surface area contributed by atoms with Crippen LogP contribution in [0.4, 0.5) is 0 Å². The Labute approximate surface area is 120 Å². The van der Waals surface area contributed by atoms with Gasteiger partial charge in [0.15, 0.2) is 0 Å². The zero-order valence-electron chi connectivity index (χ0n) is 11.9. The molecule has 0 aromatic heterocycles. The SMILES string of the molecule is C=C1OB(c2ccc(OCCCNCC)cc2)OC1=C. The van der Waals surface area contributed by atoms with E-state index in [1.54, 1.807) is 0 Å². The molecule has 5 heteroatoms. The van der Waals surface area contributed by atoms with Crippen LogP contribution in [0.15, 0.2) is 48.9 Å². The number of benzene rings is 1. The van der Waals surface area contributed by atoms with Crippen molar-refractivity contribution in [1.82, 2.24) is 5.32 Å². The predicted octanol–water partition coefficient (Wildman–Crippen LogP) is 1.83. The maximum atomic E-state index is 5.66. The van der Waals surface area contributed by atoms with Gasteiger partial charge in [-0.05, 0) is 31.6 Å². The van der Waals surface area contributed by atoms with Crippen LogP contribution in [0, 0.1) is 0 Å². The molecule has 1 heterocycles. The summed E-state index contributed by atoms with van der Waals surface area (Å²) in [4.78, 5) is 0. The van der Waals surface area contributed by atoms with E-state index in [9.17, 15) is 0 Å². The van der Waals surface area contributed by atoms with E-state index in [1.807, 2.05) is 24.3 Å². The fourth-order valence-corrected chi connectivity index (χ4v) is 1.84. The number of hydrogen-bond acceptors (Lipinski definition) is 4. The zero-order valence-corrected chi connectivity index (χ0v) is 11.9. The third kappa shape index (κ3) is 3.81. The van der Waals surface area contributed by atoms with Crippen molar-refractivity contribution in [3.63, 3.8) is 0 Å². The van der Waals surface area contributed by atoms with Crippen LogP contribution in [0.5, 0.6) is 5.75 Å². The number of nitrogens with one attached hydrogen (secondary N) is 1. The first-order chi connectivity index (χ1) is 9.70. The molecule has 1 N–H and O–H groups in total. The zero-order chi connectivity index (χ0) is 14.4. The molecule has 2 rings (SSSR count). The molecule has 106 valence electrons. The summed E-state index contributed by atoms with van der Waals surface area (Å²) in [5.41, 5.74) is 0.921. The number of ether oxygens (including phenoxy) is 1. The van der Waals surface area contributed by atoms with Crippen molar-refractivity contribution in [3.05, 3.63) is 48.9 Å². The molecule has 0 spiro atoms. The average molecular weight is 273 g/mol. The molecular formula is C15H20BNO3. The van der Waals surface area contributed by atoms with Crippen molar-refractivity contribution in [1.29, 1.82) is 0 Å². The van der Waals surface area contributed by atoms with E-state index < -0.39 is 7.12 Å². The van der Waals surface area contributed by atoms with Crippen molar-refractivity contribution < 1.29 is 14.0 Å². The third-order valence-corrected chi connectivity index (χ3v) is 2.98. The molecule has 0 unspecified atom stereocenters. The van der Waals surface area contributed by atoms with Crippen molar-refractivity contribution >= 4 is 12.6 Å². The smallest absolute Gasteiger partial charge is 0.520 e. The highest BCUT2D eigenvalue weighted by Crippen LogP contribution is 2.20. The maximum absolute atomic E-state index is 5.66. The second-order valence-corrected chi connectivity index (χ2v) is 4.54. The van der Waals surface area contributed by atoms with Gasteiger partial charge in [-0.3, -0.25) is 0 Å². The Bertz CT molecular complexity index is 457. The average Bonchev–Trinajstić information content (AvgIpc) is 2.79. The van der Waals surface area contributed by atoms with E-state index in [4.69, 9.17) is 14.0 Å². The molecule has 1 aliphatic rings. The summed E-state index contributed by atoms with van der Waals surface area (Å²) in [5, 5.41) is 3.26. The van der Waals surface area contributed by atoms with Crippen LogP contribution >= 0.6 is 0 Å². The Morgan fingerprint density at radius 2 is 1.80 bits per heavy atom. The standard InChI is InChI=1S/C15H20BNO3/c1-4-17-10-5-11-18-15-8-6-14(7-9-15)16-19-12(2)13(3)20-16/h6-9,17H,2-5,10-11H2,1H3. The molecule has 0 aliphatic carbocycles. The minimum atomic E-state index is -0.446. The summed E-state index contributed by atoms with van der Waals surface area (Å²) >= 11 is 0. The van der Waals surface area contributed by atoms with Crippen LogP contribution in [0.1, 0.15) is 13.3 Å². The summed E-state index contributed by atoms with van der Waals surface area (Å²) in [7, 11) is -0.446. The lowest BCUT2D eigenvalue weighted by Crippen LogP contribution is -2.30. The van der Waals surface area contributed by atoms with Gasteiger partial charge in [-0.15, -0.1) is 0 Å². The fourth-order valence-electron chi connectivity index (χ4n) is 1.84. The Hall–Kier alpha value is -1.88. The van der Waals surface area contributed by atoms with Gasteiger partial charge >= 0.3 is 7.12 Å². The fraction of sp³-hybridized carbons (Fsp3) is 0.333. The molecule has 0 bridgehead atoms. The quantitative estimate of drug-likeness (QED) is 0.608. The lowest BCUT2D eigenvalue weighted by Gasteiger charge is -2.08. The maximum Gasteiger partial charge on any atom is 0.632 e. The lowest BCUT2D eigenvalue weighted by molar-refractivity contribution is 0.309. The molecule has 0 atom stereocenters. The van der Waals surface area contributed by atoms with Gasteiger partial charge in [0, 0.05) is 5.46 Å². The largest absolute Gasteiger partial charge is 0.632 e. The molecule has 20 heavy (non-hydrogen) atoms. The molecule has 1 aromatic carbocycles. The summed E-state index contributed by atoms with van der Waals surface area (Å²) in [6.07, 6.45) is 0.990. The molecule has 1 aromatic rings. The number of rotatable bonds is 7. The topological polar surface area (TPSA) is 39.7 Å². The van der Waals surface area contributed by atoms with Gasteiger partial charge in [0.1, 0.15) is 17.3 Å². The molecule has 0 saturated carbocycles. The van der Waals surface area contributed by atoms with E-state index in [2.05, 4.69) is 25.4 Å². The van der Waals surface area contributed by atoms with Crippen LogP contribution < -0.4 is 15.5 Å². The van der Waals surface area contributed by atoms with E-state index in [0.29, 0.717) is 18.1 Å². The molecule has 0 radical (unpaired) electrons. The predicted molar refractivity (Wildman–Crippen MR) is 80.9 cm³/mol. The summed E-state index contributed by atoms with van der Waals surface area (Å²) in [5.74, 6) is 1.82. The normalized spacial score (nSPS) is 14.2. The van der Waals surface area contributed by atoms with Gasteiger partial charge in [0.2, 0.25) is 0 Å². The summed E-state index contributed by atoms with van der Waals surface area (Å²) in [6, 6.07) is 7.69. The van der Waals surface area contributed by atoms with Crippen LogP contribution in [0.25, 0.3) is 0 Å². The van der Waals surface area contributed by atoms with Gasteiger partial charge in [0.05, 0.1) is 6.61 Å². The van der Waals surface area contributed by atoms with E-state index in [-0.39, 0.29) is 0 Å². The second-order valence-electron chi connectivity index (χ2n) is 4.54. The monoisotopic (exact) mass is 273 g/mol. The Morgan fingerprint density at radius 3 is 2.40 bits per heavy atom. The molecule has 1 aliphatic heterocycles. The molecule has 1 fully saturated rings. The summed E-state index contributed by atoms with van der Waals surface area (Å²) < 4.78 is 16.6. The van der Waals surface area contributed by atoms with Gasteiger partial charge in [-0.2, -0.15) is 0 Å². The van der Waals surface area contributed by atoms with Crippen LogP contribution in [0.2, 0.25) is 0 Å². The van der Waals surface area contributed by atoms with E-state index >= 15 is 0 Å². The minimum absolute atomic E-state index is 0.446. The highest BCUT2D eigenvalue weighted by Gasteiger charge is 2.34. The van der Waals surface area contributed by atoms with Gasteiger partial charge in [0.25, 0.3) is 0 Å². The molecular weight excluding hydrogens is 253 g/mol. The Morgan fingerprint density at radius 1 is 1.15 bits per heavy atom. The highest BCUT2D eigenvalue weighted by atomic mass is 16.6. The third-order valence-electron chi connectivity index (χ3n) is 2.98. The van der Waals surface area contributed by atoms with Gasteiger partial charge in [-0.25, -0.2) is 0 Å². The Balaban J connectivity index is 1.81. The van der Waals surface area contributed by atoms with Gasteiger partial charge in [-0.1, -0.05) is 32.2 Å². The van der Waals surface area contributed by atoms with Crippen molar-refractivity contribution in [2.24, 2.45) is 0 Å². The number of hydrogen-bond donors (Lipinski definition) is 1. The highest BCUT2D eigenvalue weighted by molar-refractivity contribution is 6.62. The second kappa shape index (κ2) is 7.05.